The van der Waals surface area contributed by atoms with E-state index in [-0.39, 0.29) is 24.3 Å². The van der Waals surface area contributed by atoms with Crippen LogP contribution in [0, 0.1) is 0 Å². The van der Waals surface area contributed by atoms with Crippen LogP contribution in [-0.2, 0) is 9.53 Å². The third kappa shape index (κ3) is 11.9. The van der Waals surface area contributed by atoms with E-state index in [1.165, 1.54) is 55.8 Å². The quantitative estimate of drug-likeness (QED) is 0.0904. The normalized spacial score (nSPS) is 11.1. The van der Waals surface area contributed by atoms with Gasteiger partial charge in [-0.2, -0.15) is 0 Å². The van der Waals surface area contributed by atoms with Crippen molar-refractivity contribution in [2.24, 2.45) is 0 Å². The molecule has 208 valence electrons. The van der Waals surface area contributed by atoms with Crippen LogP contribution < -0.4 is 9.42 Å². The van der Waals surface area contributed by atoms with Gasteiger partial charge in [-0.15, -0.1) is 0 Å². The topological polar surface area (TPSA) is 89.6 Å². The molecular weight excluding hydrogens is 480 g/mol. The third-order valence-electron chi connectivity index (χ3n) is 6.28. The highest BCUT2D eigenvalue weighted by Gasteiger charge is 2.28. The highest BCUT2D eigenvalue weighted by Crippen LogP contribution is 2.26. The number of hydrogen-bond acceptors (Lipinski definition) is 6. The predicted octanol–water partition coefficient (Wildman–Crippen LogP) is 7.18. The molecule has 0 aliphatic heterocycles. The van der Waals surface area contributed by atoms with E-state index < -0.39 is 17.8 Å². The summed E-state index contributed by atoms with van der Waals surface area (Å²) in [6, 6.07) is 9.06. The van der Waals surface area contributed by atoms with Crippen molar-refractivity contribution in [1.29, 1.82) is 0 Å². The zero-order valence-electron chi connectivity index (χ0n) is 23.2. The Kier molecular flexibility index (Phi) is 15.4. The van der Waals surface area contributed by atoms with Gasteiger partial charge in [0, 0.05) is 23.7 Å². The van der Waals surface area contributed by atoms with Gasteiger partial charge >= 0.3 is 11.9 Å². The summed E-state index contributed by atoms with van der Waals surface area (Å²) < 4.78 is 11.9. The van der Waals surface area contributed by atoms with Crippen molar-refractivity contribution in [3.05, 3.63) is 54.2 Å². The van der Waals surface area contributed by atoms with Gasteiger partial charge in [-0.1, -0.05) is 88.6 Å². The van der Waals surface area contributed by atoms with Crippen molar-refractivity contribution in [2.75, 3.05) is 6.61 Å². The van der Waals surface area contributed by atoms with E-state index in [1.54, 1.807) is 19.1 Å². The molecule has 0 unspecified atom stereocenters. The molecule has 0 fully saturated rings. The van der Waals surface area contributed by atoms with Crippen LogP contribution in [0.5, 0.6) is 11.6 Å². The second kappa shape index (κ2) is 18.9. The minimum atomic E-state index is -0.790. The van der Waals surface area contributed by atoms with Crippen LogP contribution in [-0.4, -0.2) is 28.8 Å². The van der Waals surface area contributed by atoms with E-state index in [1.807, 2.05) is 18.2 Å². The molecular formula is C31H45N2O5+. The molecule has 0 atom stereocenters. The number of para-hydroxylation sites is 1. The van der Waals surface area contributed by atoms with Crippen LogP contribution in [0.25, 0.3) is 5.69 Å². The maximum Gasteiger partial charge on any atom is 0.348 e. The number of unbranched alkanes of at least 4 members (excludes halogenated alkanes) is 11. The minimum Gasteiger partial charge on any atom is -0.489 e. The maximum atomic E-state index is 12.5. The third-order valence-corrected chi connectivity index (χ3v) is 6.28. The molecule has 1 heterocycles. The van der Waals surface area contributed by atoms with Gasteiger partial charge in [0.05, 0.1) is 6.61 Å². The number of aromatic nitrogens is 2. The number of benzene rings is 1. The second-order valence-electron chi connectivity index (χ2n) is 9.50. The van der Waals surface area contributed by atoms with E-state index in [4.69, 9.17) is 9.47 Å². The summed E-state index contributed by atoms with van der Waals surface area (Å²) in [4.78, 5) is 24.9. The van der Waals surface area contributed by atoms with Crippen molar-refractivity contribution in [1.82, 2.24) is 5.10 Å². The lowest BCUT2D eigenvalue weighted by atomic mass is 10.1. The number of esters is 2. The van der Waals surface area contributed by atoms with E-state index in [2.05, 4.69) is 24.2 Å². The van der Waals surface area contributed by atoms with Gasteiger partial charge in [0.25, 0.3) is 5.88 Å². The van der Waals surface area contributed by atoms with E-state index in [9.17, 15) is 14.7 Å². The molecule has 7 nitrogen and oxygen atoms in total. The van der Waals surface area contributed by atoms with Gasteiger partial charge in [0.2, 0.25) is 17.6 Å². The first-order valence-electron chi connectivity index (χ1n) is 14.3. The summed E-state index contributed by atoms with van der Waals surface area (Å²) in [6.07, 6.45) is 21.6. The van der Waals surface area contributed by atoms with Gasteiger partial charge < -0.3 is 14.6 Å². The maximum absolute atomic E-state index is 12.5. The highest BCUT2D eigenvalue weighted by atomic mass is 16.5. The fourth-order valence-electron chi connectivity index (χ4n) is 4.17. The molecule has 7 heteroatoms. The summed E-state index contributed by atoms with van der Waals surface area (Å²) in [7, 11) is 0. The molecule has 0 saturated carbocycles. The summed E-state index contributed by atoms with van der Waals surface area (Å²) in [5.41, 5.74) is 0.393. The smallest absolute Gasteiger partial charge is 0.348 e. The summed E-state index contributed by atoms with van der Waals surface area (Å²) in [5.74, 6) is -1.88. The van der Waals surface area contributed by atoms with Crippen molar-refractivity contribution in [3.8, 4) is 17.3 Å². The van der Waals surface area contributed by atoms with Crippen molar-refractivity contribution in [3.63, 3.8) is 0 Å². The van der Waals surface area contributed by atoms with E-state index >= 15 is 0 Å². The van der Waals surface area contributed by atoms with Crippen LogP contribution >= 0.6 is 0 Å². The molecule has 0 aliphatic carbocycles. The van der Waals surface area contributed by atoms with Gasteiger partial charge in [-0.3, -0.25) is 4.79 Å². The lowest BCUT2D eigenvalue weighted by molar-refractivity contribution is -0.660. The molecule has 0 spiro atoms. The van der Waals surface area contributed by atoms with E-state index in [0.29, 0.717) is 12.1 Å². The highest BCUT2D eigenvalue weighted by molar-refractivity contribution is 5.95. The molecule has 0 radical (unpaired) electrons. The Morgan fingerprint density at radius 1 is 0.868 bits per heavy atom. The van der Waals surface area contributed by atoms with Crippen LogP contribution in [0.2, 0.25) is 0 Å². The molecule has 0 saturated heterocycles. The van der Waals surface area contributed by atoms with Crippen LogP contribution in [0.15, 0.2) is 48.7 Å². The molecule has 0 aliphatic rings. The van der Waals surface area contributed by atoms with Crippen LogP contribution in [0.4, 0.5) is 0 Å². The Morgan fingerprint density at radius 2 is 1.47 bits per heavy atom. The monoisotopic (exact) mass is 525 g/mol. The first kappa shape index (κ1) is 31.0. The Hall–Kier alpha value is -3.22. The van der Waals surface area contributed by atoms with Crippen molar-refractivity contribution in [2.45, 2.75) is 104 Å². The summed E-state index contributed by atoms with van der Waals surface area (Å²) >= 11 is 0. The first-order chi connectivity index (χ1) is 18.6. The molecule has 1 aromatic carbocycles. The molecule has 1 N–H and O–H groups in total. The SMILES string of the molecule is CCCCCCCC/C=C\CCCCCCCC(=O)Oc1c[n+](-c2ccccc2)nc(O)c1C(=O)OCC. The molecule has 2 rings (SSSR count). The lowest BCUT2D eigenvalue weighted by Crippen LogP contribution is -2.36. The van der Waals surface area contributed by atoms with Gasteiger partial charge in [-0.05, 0) is 43.7 Å². The number of allylic oxidation sites excluding steroid dienone is 2. The lowest BCUT2D eigenvalue weighted by Gasteiger charge is -2.09. The zero-order valence-corrected chi connectivity index (χ0v) is 23.2. The van der Waals surface area contributed by atoms with Gasteiger partial charge in [-0.25, -0.2) is 4.79 Å². The van der Waals surface area contributed by atoms with E-state index in [0.717, 1.165) is 32.1 Å². The van der Waals surface area contributed by atoms with Gasteiger partial charge in [0.1, 0.15) is 0 Å². The molecule has 0 bridgehead atoms. The Morgan fingerprint density at radius 3 is 2.11 bits per heavy atom. The van der Waals surface area contributed by atoms with Crippen molar-refractivity contribution < 1.29 is 28.9 Å². The fraction of sp³-hybridized carbons (Fsp3) is 0.548. The number of carbonyl (C=O) groups excluding carboxylic acids is 2. The number of nitrogens with zero attached hydrogens (tertiary/aromatic N) is 2. The minimum absolute atomic E-state index is 0.0717. The molecule has 1 aromatic heterocycles. The Bertz CT molecular complexity index is 991. The van der Waals surface area contributed by atoms with Gasteiger partial charge in [0.15, 0.2) is 5.56 Å². The molecule has 38 heavy (non-hydrogen) atoms. The fourth-order valence-corrected chi connectivity index (χ4v) is 4.17. The zero-order chi connectivity index (χ0) is 27.4. The summed E-state index contributed by atoms with van der Waals surface area (Å²) in [5, 5.41) is 14.5. The van der Waals surface area contributed by atoms with Crippen LogP contribution in [0.1, 0.15) is 114 Å². The number of ether oxygens (including phenoxy) is 2. The number of hydrogen-bond donors (Lipinski definition) is 1. The first-order valence-corrected chi connectivity index (χ1v) is 14.3. The Labute approximate surface area is 227 Å². The average Bonchev–Trinajstić information content (AvgIpc) is 2.91. The van der Waals surface area contributed by atoms with Crippen molar-refractivity contribution >= 4 is 11.9 Å². The number of aromatic hydroxyl groups is 1. The second-order valence-corrected chi connectivity index (χ2v) is 9.50. The standard InChI is InChI=1S/C31H44N2O5/c1-3-5-6-7-8-9-10-11-12-13-14-15-16-17-21-24-28(34)38-27-25-33(26-22-19-18-20-23-26)32-30(35)29(27)31(36)37-4-2/h11-12,18-20,22-23,25H,3-10,13-17,21,24H2,1-2H3/p+1/b12-11-. The molecule has 2 aromatic rings. The summed E-state index contributed by atoms with van der Waals surface area (Å²) in [6.45, 7) is 4.03. The number of rotatable bonds is 19. The largest absolute Gasteiger partial charge is 0.489 e. The van der Waals surface area contributed by atoms with Crippen LogP contribution in [0.3, 0.4) is 0 Å². The Balaban J connectivity index is 1.73. The molecule has 0 amide bonds. The number of carbonyl (C=O) groups is 2. The average molecular weight is 526 g/mol. The predicted molar refractivity (Wildman–Crippen MR) is 148 cm³/mol.